The third-order valence-electron chi connectivity index (χ3n) is 7.75. The molecule has 2 aliphatic heterocycles. The van der Waals surface area contributed by atoms with Gasteiger partial charge in [0.15, 0.2) is 5.60 Å². The Hall–Kier alpha value is -5.41. The number of hydrogen-bond donors (Lipinski definition) is 3. The Kier molecular flexibility index (Phi) is 6.64. The van der Waals surface area contributed by atoms with Gasteiger partial charge in [0, 0.05) is 73.1 Å². The molecule has 0 bridgehead atoms. The predicted octanol–water partition coefficient (Wildman–Crippen LogP) is 5.57. The van der Waals surface area contributed by atoms with Crippen molar-refractivity contribution in [1.29, 1.82) is 0 Å². The van der Waals surface area contributed by atoms with Gasteiger partial charge in [-0.25, -0.2) is 4.79 Å². The Morgan fingerprint density at radius 3 is 1.93 bits per heavy atom. The Labute approximate surface area is 248 Å². The minimum Gasteiger partial charge on any atom is -0.508 e. The Bertz CT molecular complexity index is 1720. The maximum Gasteiger partial charge on any atom is 0.340 e. The van der Waals surface area contributed by atoms with Crippen LogP contribution in [-0.4, -0.2) is 44.1 Å². The summed E-state index contributed by atoms with van der Waals surface area (Å²) in [5.41, 5.74) is 3.74. The molecule has 0 saturated heterocycles. The lowest BCUT2D eigenvalue weighted by molar-refractivity contribution is 0.0224. The molecule has 0 radical (unpaired) electrons. The van der Waals surface area contributed by atoms with Crippen molar-refractivity contribution in [3.8, 4) is 23.0 Å². The van der Waals surface area contributed by atoms with E-state index in [0.717, 1.165) is 17.1 Å². The fourth-order valence-electron chi connectivity index (χ4n) is 5.83. The van der Waals surface area contributed by atoms with Gasteiger partial charge in [0.05, 0.1) is 17.0 Å². The number of phenolic OH excluding ortho intramolecular Hbond substituents is 2. The molecule has 9 nitrogen and oxygen atoms in total. The van der Waals surface area contributed by atoms with E-state index < -0.39 is 11.6 Å². The van der Waals surface area contributed by atoms with E-state index in [1.54, 1.807) is 36.7 Å². The molecule has 43 heavy (non-hydrogen) atoms. The van der Waals surface area contributed by atoms with Gasteiger partial charge in [0.2, 0.25) is 0 Å². The number of carbonyl (C=O) groups excluding carboxylic acids is 1. The van der Waals surface area contributed by atoms with Crippen LogP contribution in [0.3, 0.4) is 0 Å². The molecule has 0 aliphatic carbocycles. The van der Waals surface area contributed by atoms with Gasteiger partial charge >= 0.3 is 5.97 Å². The summed E-state index contributed by atoms with van der Waals surface area (Å²) in [5, 5.41) is 23.7. The number of benzene rings is 3. The molecule has 9 heteroatoms. The number of anilines is 1. The number of aromatic hydroxyl groups is 2. The van der Waals surface area contributed by atoms with Gasteiger partial charge in [-0.3, -0.25) is 14.9 Å². The molecular weight excluding hydrogens is 544 g/mol. The standard InChI is InChI=1S/C34H28N4O5/c39-25-8-11-29-31(18-25)42-32-19-26(40)9-12-30(32)34(29)28-10-7-22(17-27(28)33(41)43-34)37-15-16-38(20-23-5-1-3-13-35-23)21-24-6-2-4-14-36-24/h1-14,17-19,37,39-40H,15-16,20-21H2. The highest BCUT2D eigenvalue weighted by Crippen LogP contribution is 2.57. The first-order chi connectivity index (χ1) is 21.0. The molecule has 1 spiro atoms. The van der Waals surface area contributed by atoms with Gasteiger partial charge in [-0.2, -0.15) is 0 Å². The molecule has 0 amide bonds. The van der Waals surface area contributed by atoms with Crippen LogP contribution in [-0.2, 0) is 23.4 Å². The van der Waals surface area contributed by atoms with E-state index in [9.17, 15) is 15.0 Å². The first kappa shape index (κ1) is 26.5. The molecule has 2 aliphatic rings. The van der Waals surface area contributed by atoms with Crippen LogP contribution in [0, 0.1) is 0 Å². The third kappa shape index (κ3) is 4.89. The van der Waals surface area contributed by atoms with E-state index >= 15 is 0 Å². The highest BCUT2D eigenvalue weighted by molar-refractivity contribution is 5.98. The van der Waals surface area contributed by atoms with E-state index in [-0.39, 0.29) is 11.5 Å². The maximum atomic E-state index is 13.4. The zero-order valence-electron chi connectivity index (χ0n) is 23.1. The van der Waals surface area contributed by atoms with Crippen molar-refractivity contribution in [2.24, 2.45) is 0 Å². The van der Waals surface area contributed by atoms with E-state index in [2.05, 4.69) is 20.2 Å². The summed E-state index contributed by atoms with van der Waals surface area (Å²) >= 11 is 0. The second-order valence-electron chi connectivity index (χ2n) is 10.6. The number of ether oxygens (including phenoxy) is 2. The van der Waals surface area contributed by atoms with E-state index in [0.29, 0.717) is 59.9 Å². The number of nitrogens with one attached hydrogen (secondary N) is 1. The van der Waals surface area contributed by atoms with Crippen molar-refractivity contribution >= 4 is 11.7 Å². The van der Waals surface area contributed by atoms with Crippen LogP contribution in [0.2, 0.25) is 0 Å². The highest BCUT2D eigenvalue weighted by Gasteiger charge is 2.53. The third-order valence-corrected chi connectivity index (χ3v) is 7.75. The fourth-order valence-corrected chi connectivity index (χ4v) is 5.83. The Morgan fingerprint density at radius 2 is 1.35 bits per heavy atom. The van der Waals surface area contributed by atoms with Crippen LogP contribution in [0.5, 0.6) is 23.0 Å². The van der Waals surface area contributed by atoms with Crippen LogP contribution >= 0.6 is 0 Å². The summed E-state index contributed by atoms with van der Waals surface area (Å²) in [4.78, 5) is 24.7. The van der Waals surface area contributed by atoms with E-state index in [1.807, 2.05) is 54.6 Å². The van der Waals surface area contributed by atoms with Crippen molar-refractivity contribution in [3.05, 3.63) is 137 Å². The minimum absolute atomic E-state index is 0.0155. The van der Waals surface area contributed by atoms with Gasteiger partial charge < -0.3 is 25.0 Å². The van der Waals surface area contributed by atoms with Crippen molar-refractivity contribution in [2.45, 2.75) is 18.7 Å². The summed E-state index contributed by atoms with van der Waals surface area (Å²) in [6, 6.07) is 26.9. The number of nitrogens with zero attached hydrogens (tertiary/aromatic N) is 3. The average Bonchev–Trinajstić information content (AvgIpc) is 3.29. The van der Waals surface area contributed by atoms with Crippen LogP contribution in [0.1, 0.15) is 38.4 Å². The number of esters is 1. The van der Waals surface area contributed by atoms with Gasteiger partial charge in [0.1, 0.15) is 23.0 Å². The minimum atomic E-state index is -1.28. The molecule has 5 aromatic rings. The molecule has 3 aromatic carbocycles. The van der Waals surface area contributed by atoms with Crippen molar-refractivity contribution in [1.82, 2.24) is 14.9 Å². The molecule has 0 fully saturated rings. The van der Waals surface area contributed by atoms with Gasteiger partial charge in [-0.1, -0.05) is 18.2 Å². The first-order valence-corrected chi connectivity index (χ1v) is 14.0. The van der Waals surface area contributed by atoms with E-state index in [1.165, 1.54) is 12.1 Å². The summed E-state index contributed by atoms with van der Waals surface area (Å²) < 4.78 is 12.2. The number of aromatic nitrogens is 2. The quantitative estimate of drug-likeness (QED) is 0.205. The number of hydrogen-bond acceptors (Lipinski definition) is 9. The monoisotopic (exact) mass is 572 g/mol. The SMILES string of the molecule is O=C1OC2(c3ccc(O)cc3Oc3cc(O)ccc32)c2ccc(NCCN(Cc3ccccn3)Cc3ccccn3)cc21. The summed E-state index contributed by atoms with van der Waals surface area (Å²) in [5.74, 6) is 0.262. The molecule has 0 unspecified atom stereocenters. The smallest absolute Gasteiger partial charge is 0.340 e. The second-order valence-corrected chi connectivity index (χ2v) is 10.6. The topological polar surface area (TPSA) is 117 Å². The Balaban J connectivity index is 1.16. The molecule has 4 heterocycles. The van der Waals surface area contributed by atoms with Crippen LogP contribution in [0.25, 0.3) is 0 Å². The zero-order chi connectivity index (χ0) is 29.4. The number of pyridine rings is 2. The lowest BCUT2D eigenvalue weighted by Gasteiger charge is -2.36. The molecule has 7 rings (SSSR count). The van der Waals surface area contributed by atoms with Crippen LogP contribution in [0.4, 0.5) is 5.69 Å². The number of phenols is 2. The largest absolute Gasteiger partial charge is 0.508 e. The molecule has 0 saturated carbocycles. The Morgan fingerprint density at radius 1 is 0.744 bits per heavy atom. The van der Waals surface area contributed by atoms with E-state index in [4.69, 9.17) is 9.47 Å². The first-order valence-electron chi connectivity index (χ1n) is 14.0. The van der Waals surface area contributed by atoms with Gasteiger partial charge in [-0.05, 0) is 60.7 Å². The van der Waals surface area contributed by atoms with Crippen molar-refractivity contribution in [2.75, 3.05) is 18.4 Å². The summed E-state index contributed by atoms with van der Waals surface area (Å²) in [6.07, 6.45) is 3.59. The zero-order valence-corrected chi connectivity index (χ0v) is 23.1. The van der Waals surface area contributed by atoms with Crippen molar-refractivity contribution < 1.29 is 24.5 Å². The second kappa shape index (κ2) is 10.8. The van der Waals surface area contributed by atoms with Crippen LogP contribution < -0.4 is 10.1 Å². The molecule has 214 valence electrons. The highest BCUT2D eigenvalue weighted by atomic mass is 16.6. The normalized spacial score (nSPS) is 14.0. The van der Waals surface area contributed by atoms with Gasteiger partial charge in [0.25, 0.3) is 0 Å². The molecule has 2 aromatic heterocycles. The maximum absolute atomic E-state index is 13.4. The fraction of sp³-hybridized carbons (Fsp3) is 0.147. The van der Waals surface area contributed by atoms with Gasteiger partial charge in [-0.15, -0.1) is 0 Å². The summed E-state index contributed by atoms with van der Waals surface area (Å²) in [6.45, 7) is 2.68. The number of fused-ring (bicyclic) bond motifs is 6. The lowest BCUT2D eigenvalue weighted by atomic mass is 9.77. The molecule has 3 N–H and O–H groups in total. The predicted molar refractivity (Wildman–Crippen MR) is 159 cm³/mol. The molecular formula is C34H28N4O5. The van der Waals surface area contributed by atoms with Crippen LogP contribution in [0.15, 0.2) is 103 Å². The number of carbonyl (C=O) groups is 1. The summed E-state index contributed by atoms with van der Waals surface area (Å²) in [7, 11) is 0. The lowest BCUT2D eigenvalue weighted by Crippen LogP contribution is -2.32. The number of rotatable bonds is 8. The average molecular weight is 573 g/mol. The van der Waals surface area contributed by atoms with Crippen molar-refractivity contribution in [3.63, 3.8) is 0 Å². The molecule has 0 atom stereocenters.